The van der Waals surface area contributed by atoms with Crippen molar-refractivity contribution in [2.24, 2.45) is 0 Å². The molecule has 0 unspecified atom stereocenters. The van der Waals surface area contributed by atoms with Gasteiger partial charge in [0.05, 0.1) is 19.8 Å². The standard InChI is InChI=1S/C23H21N3O5S/c27-20(15-6-2-1-3-7-15)25-21(32)18-10-11-26(19(18)22(28)29)24-14-16-8-4-5-9-17(16)23-30-12-13-31-23/h1-11,23-24H,12-14H2,(H,28,29)(H,25,27,32). The van der Waals surface area contributed by atoms with Crippen LogP contribution in [0.25, 0.3) is 0 Å². The van der Waals surface area contributed by atoms with Crippen molar-refractivity contribution in [2.45, 2.75) is 12.8 Å². The first-order chi connectivity index (χ1) is 15.5. The Kier molecular flexibility index (Phi) is 6.60. The number of aromatic nitrogens is 1. The van der Waals surface area contributed by atoms with E-state index in [1.54, 1.807) is 42.6 Å². The highest BCUT2D eigenvalue weighted by atomic mass is 32.1. The van der Waals surface area contributed by atoms with Gasteiger partial charge in [0.1, 0.15) is 4.99 Å². The van der Waals surface area contributed by atoms with Crippen molar-refractivity contribution in [1.29, 1.82) is 0 Å². The van der Waals surface area contributed by atoms with Gasteiger partial charge in [-0.3, -0.25) is 9.47 Å². The zero-order valence-corrected chi connectivity index (χ0v) is 17.8. The van der Waals surface area contributed by atoms with Gasteiger partial charge in [-0.2, -0.15) is 0 Å². The number of benzene rings is 2. The van der Waals surface area contributed by atoms with Crippen LogP contribution in [0.15, 0.2) is 66.9 Å². The number of rotatable bonds is 7. The van der Waals surface area contributed by atoms with Gasteiger partial charge in [0, 0.05) is 22.9 Å². The minimum Gasteiger partial charge on any atom is -0.476 e. The fraction of sp³-hybridized carbons (Fsp3) is 0.174. The number of hydrogen-bond donors (Lipinski definition) is 3. The summed E-state index contributed by atoms with van der Waals surface area (Å²) in [5.74, 6) is -1.58. The van der Waals surface area contributed by atoms with Crippen LogP contribution in [0.5, 0.6) is 0 Å². The number of aromatic carboxylic acids is 1. The van der Waals surface area contributed by atoms with Gasteiger partial charge in [-0.05, 0) is 23.8 Å². The van der Waals surface area contributed by atoms with Gasteiger partial charge in [-0.15, -0.1) is 0 Å². The topological polar surface area (TPSA) is 102 Å². The third kappa shape index (κ3) is 4.70. The van der Waals surface area contributed by atoms with E-state index < -0.39 is 18.2 Å². The molecule has 1 aromatic heterocycles. The highest BCUT2D eigenvalue weighted by Crippen LogP contribution is 2.26. The van der Waals surface area contributed by atoms with Gasteiger partial charge in [-0.1, -0.05) is 54.7 Å². The van der Waals surface area contributed by atoms with Gasteiger partial charge < -0.3 is 25.3 Å². The van der Waals surface area contributed by atoms with Crippen molar-refractivity contribution in [2.75, 3.05) is 18.6 Å². The SMILES string of the molecule is O=C(NC(=S)c1ccn(NCc2ccccc2C2OCCO2)c1C(=O)O)c1ccccc1. The lowest BCUT2D eigenvalue weighted by atomic mass is 10.1. The number of thiocarbonyl (C=S) groups is 1. The summed E-state index contributed by atoms with van der Waals surface area (Å²) in [6.45, 7) is 1.39. The van der Waals surface area contributed by atoms with Crippen molar-refractivity contribution < 1.29 is 24.2 Å². The zero-order chi connectivity index (χ0) is 22.5. The molecule has 4 rings (SSSR count). The Morgan fingerprint density at radius 2 is 1.72 bits per heavy atom. The summed E-state index contributed by atoms with van der Waals surface area (Å²) in [7, 11) is 0. The molecule has 1 aliphatic heterocycles. The first-order valence-electron chi connectivity index (χ1n) is 9.95. The van der Waals surface area contributed by atoms with Gasteiger partial charge in [0.2, 0.25) is 0 Å². The first kappa shape index (κ1) is 21.7. The van der Waals surface area contributed by atoms with Crippen LogP contribution in [0.1, 0.15) is 43.8 Å². The number of ether oxygens (including phenoxy) is 2. The van der Waals surface area contributed by atoms with Gasteiger partial charge in [0.15, 0.2) is 12.0 Å². The molecule has 0 spiro atoms. The maximum absolute atomic E-state index is 12.4. The third-order valence-electron chi connectivity index (χ3n) is 4.97. The Balaban J connectivity index is 1.51. The molecule has 9 heteroatoms. The number of hydrogen-bond acceptors (Lipinski definition) is 6. The van der Waals surface area contributed by atoms with Gasteiger partial charge in [0.25, 0.3) is 5.91 Å². The molecular weight excluding hydrogens is 430 g/mol. The molecule has 2 aromatic carbocycles. The van der Waals surface area contributed by atoms with Crippen LogP contribution < -0.4 is 10.7 Å². The molecule has 0 saturated carbocycles. The molecule has 0 aliphatic carbocycles. The van der Waals surface area contributed by atoms with Crippen molar-refractivity contribution in [3.8, 4) is 0 Å². The smallest absolute Gasteiger partial charge is 0.355 e. The summed E-state index contributed by atoms with van der Waals surface area (Å²) in [4.78, 5) is 24.4. The molecule has 32 heavy (non-hydrogen) atoms. The van der Waals surface area contributed by atoms with Crippen LogP contribution in [0, 0.1) is 0 Å². The molecule has 0 atom stereocenters. The lowest BCUT2D eigenvalue weighted by Gasteiger charge is -2.17. The number of carboxylic acids is 1. The highest BCUT2D eigenvalue weighted by Gasteiger charge is 2.23. The van der Waals surface area contributed by atoms with E-state index in [9.17, 15) is 14.7 Å². The van der Waals surface area contributed by atoms with Crippen molar-refractivity contribution in [1.82, 2.24) is 9.99 Å². The van der Waals surface area contributed by atoms with Crippen LogP contribution in [0.3, 0.4) is 0 Å². The summed E-state index contributed by atoms with van der Waals surface area (Å²) in [6.07, 6.45) is 1.12. The lowest BCUT2D eigenvalue weighted by Crippen LogP contribution is -2.31. The van der Waals surface area contributed by atoms with E-state index in [0.29, 0.717) is 25.3 Å². The molecular formula is C23H21N3O5S. The van der Waals surface area contributed by atoms with Gasteiger partial charge in [-0.25, -0.2) is 4.79 Å². The van der Waals surface area contributed by atoms with E-state index in [2.05, 4.69) is 10.7 Å². The van der Waals surface area contributed by atoms with Crippen molar-refractivity contribution in [3.05, 3.63) is 94.8 Å². The monoisotopic (exact) mass is 451 g/mol. The lowest BCUT2D eigenvalue weighted by molar-refractivity contribution is -0.0446. The predicted molar refractivity (Wildman–Crippen MR) is 121 cm³/mol. The van der Waals surface area contributed by atoms with E-state index in [0.717, 1.165) is 11.1 Å². The fourth-order valence-electron chi connectivity index (χ4n) is 3.43. The Morgan fingerprint density at radius 1 is 1.03 bits per heavy atom. The van der Waals surface area contributed by atoms with Gasteiger partial charge >= 0.3 is 5.97 Å². The number of amides is 1. The Labute approximate surface area is 189 Å². The second-order valence-electron chi connectivity index (χ2n) is 7.01. The average molecular weight is 452 g/mol. The fourth-order valence-corrected chi connectivity index (χ4v) is 3.69. The molecule has 0 radical (unpaired) electrons. The molecule has 3 aromatic rings. The highest BCUT2D eigenvalue weighted by molar-refractivity contribution is 7.80. The first-order valence-corrected chi connectivity index (χ1v) is 10.4. The van der Waals surface area contributed by atoms with Crippen LogP contribution in [-0.4, -0.2) is 39.9 Å². The Bertz CT molecular complexity index is 1140. The van der Waals surface area contributed by atoms with Crippen molar-refractivity contribution >= 4 is 29.1 Å². The molecule has 1 amide bonds. The van der Waals surface area contributed by atoms with Crippen molar-refractivity contribution in [3.63, 3.8) is 0 Å². The molecule has 0 bridgehead atoms. The second kappa shape index (κ2) is 9.73. The summed E-state index contributed by atoms with van der Waals surface area (Å²) in [5, 5.41) is 12.4. The number of carboxylic acid groups (broad SMARTS) is 1. The maximum Gasteiger partial charge on any atom is 0.355 e. The second-order valence-corrected chi connectivity index (χ2v) is 7.42. The quantitative estimate of drug-likeness (QED) is 0.475. The van der Waals surface area contributed by atoms with Crippen LogP contribution in [0.2, 0.25) is 0 Å². The van der Waals surface area contributed by atoms with E-state index in [1.165, 1.54) is 4.68 Å². The Morgan fingerprint density at radius 3 is 2.44 bits per heavy atom. The molecule has 1 aliphatic rings. The number of nitrogens with one attached hydrogen (secondary N) is 2. The van der Waals surface area contributed by atoms with Crippen LogP contribution in [-0.2, 0) is 16.0 Å². The van der Waals surface area contributed by atoms with Crippen LogP contribution in [0.4, 0.5) is 0 Å². The number of carbonyl (C=O) groups is 2. The van der Waals surface area contributed by atoms with E-state index >= 15 is 0 Å². The van der Waals surface area contributed by atoms with Crippen LogP contribution >= 0.6 is 12.2 Å². The maximum atomic E-state index is 12.4. The largest absolute Gasteiger partial charge is 0.476 e. The molecule has 164 valence electrons. The molecule has 1 saturated heterocycles. The normalized spacial score (nSPS) is 13.6. The average Bonchev–Trinajstić information content (AvgIpc) is 3.48. The van der Waals surface area contributed by atoms with E-state index in [1.807, 2.05) is 24.3 Å². The number of nitrogens with zero attached hydrogens (tertiary/aromatic N) is 1. The molecule has 1 fully saturated rings. The van der Waals surface area contributed by atoms with E-state index in [-0.39, 0.29) is 16.2 Å². The summed E-state index contributed by atoms with van der Waals surface area (Å²) in [6, 6.07) is 17.8. The third-order valence-corrected chi connectivity index (χ3v) is 5.29. The summed E-state index contributed by atoms with van der Waals surface area (Å²) in [5.41, 5.74) is 5.47. The molecule has 2 heterocycles. The minimum atomic E-state index is -1.18. The zero-order valence-electron chi connectivity index (χ0n) is 17.0. The van der Waals surface area contributed by atoms with E-state index in [4.69, 9.17) is 21.7 Å². The number of carbonyl (C=O) groups excluding carboxylic acids is 1. The predicted octanol–water partition coefficient (Wildman–Crippen LogP) is 3.08. The molecule has 8 nitrogen and oxygen atoms in total. The molecule has 3 N–H and O–H groups in total. The minimum absolute atomic E-state index is 0.0324. The Hall–Kier alpha value is -3.53. The summed E-state index contributed by atoms with van der Waals surface area (Å²) >= 11 is 5.32. The summed E-state index contributed by atoms with van der Waals surface area (Å²) < 4.78 is 12.6.